The second-order valence-electron chi connectivity index (χ2n) is 5.43. The van der Waals surface area contributed by atoms with Gasteiger partial charge in [0.25, 0.3) is 0 Å². The van der Waals surface area contributed by atoms with Crippen LogP contribution in [0.15, 0.2) is 18.3 Å². The van der Waals surface area contributed by atoms with Crippen molar-refractivity contribution in [1.29, 1.82) is 0 Å². The Morgan fingerprint density at radius 2 is 2.21 bits per heavy atom. The second-order valence-corrected chi connectivity index (χ2v) is 5.43. The summed E-state index contributed by atoms with van der Waals surface area (Å²) in [4.78, 5) is 8.86. The van der Waals surface area contributed by atoms with Crippen LogP contribution in [0.4, 0.5) is 4.39 Å². The van der Waals surface area contributed by atoms with Gasteiger partial charge in [0.05, 0.1) is 11.9 Å². The molecule has 2 rings (SSSR count). The molecule has 0 aliphatic carbocycles. The number of nitrogens with zero attached hydrogens (tertiary/aromatic N) is 3. The molecule has 106 valence electrons. The maximum absolute atomic E-state index is 12.8. The van der Waals surface area contributed by atoms with Crippen molar-refractivity contribution in [1.82, 2.24) is 20.1 Å². The maximum Gasteiger partial charge on any atom is 0.141 e. The maximum atomic E-state index is 12.8. The molecule has 0 radical (unpaired) electrons. The summed E-state index contributed by atoms with van der Waals surface area (Å²) in [5.74, 6) is -0.287. The smallest absolute Gasteiger partial charge is 0.141 e. The van der Waals surface area contributed by atoms with E-state index in [1.165, 1.54) is 12.3 Å². The molecule has 1 aliphatic rings. The van der Waals surface area contributed by atoms with Crippen LogP contribution < -0.4 is 5.32 Å². The average Bonchev–Trinajstić information content (AvgIpc) is 2.40. The number of piperazine rings is 1. The molecule has 5 heteroatoms. The summed E-state index contributed by atoms with van der Waals surface area (Å²) in [7, 11) is 4.32. The Labute approximate surface area is 114 Å². The first kappa shape index (κ1) is 14.4. The molecule has 0 bridgehead atoms. The lowest BCUT2D eigenvalue weighted by atomic mass is 10.1. The number of hydrogen-bond donors (Lipinski definition) is 1. The monoisotopic (exact) mass is 266 g/mol. The van der Waals surface area contributed by atoms with Gasteiger partial charge >= 0.3 is 0 Å². The summed E-state index contributed by atoms with van der Waals surface area (Å²) in [5, 5.41) is 3.49. The fraction of sp³-hybridized carbons (Fsp3) is 0.643. The largest absolute Gasteiger partial charge is 0.307 e. The van der Waals surface area contributed by atoms with Gasteiger partial charge in [-0.25, -0.2) is 4.39 Å². The summed E-state index contributed by atoms with van der Waals surface area (Å²) in [6, 6.07) is 3.85. The summed E-state index contributed by atoms with van der Waals surface area (Å²) >= 11 is 0. The van der Waals surface area contributed by atoms with Gasteiger partial charge in [0.2, 0.25) is 0 Å². The molecule has 0 amide bonds. The molecule has 1 aliphatic heterocycles. The molecular formula is C14H23FN4. The van der Waals surface area contributed by atoms with E-state index in [4.69, 9.17) is 0 Å². The highest BCUT2D eigenvalue weighted by Gasteiger charge is 2.22. The van der Waals surface area contributed by atoms with E-state index >= 15 is 0 Å². The minimum Gasteiger partial charge on any atom is -0.307 e. The number of nitrogens with one attached hydrogen (secondary N) is 1. The lowest BCUT2D eigenvalue weighted by Crippen LogP contribution is -2.53. The van der Waals surface area contributed by atoms with E-state index in [-0.39, 0.29) is 11.9 Å². The Kier molecular flexibility index (Phi) is 4.85. The topological polar surface area (TPSA) is 31.4 Å². The lowest BCUT2D eigenvalue weighted by molar-refractivity contribution is 0.111. The minimum atomic E-state index is -0.287. The van der Waals surface area contributed by atoms with Crippen LogP contribution >= 0.6 is 0 Å². The van der Waals surface area contributed by atoms with E-state index in [1.807, 2.05) is 0 Å². The Morgan fingerprint density at radius 3 is 2.89 bits per heavy atom. The number of aromatic nitrogens is 1. The first-order valence-electron chi connectivity index (χ1n) is 6.80. The van der Waals surface area contributed by atoms with Crippen LogP contribution in [0.3, 0.4) is 0 Å². The van der Waals surface area contributed by atoms with Gasteiger partial charge in [-0.1, -0.05) is 0 Å². The Balaban J connectivity index is 1.85. The third-order valence-electron chi connectivity index (χ3n) is 3.83. The zero-order valence-corrected chi connectivity index (χ0v) is 11.9. The van der Waals surface area contributed by atoms with Crippen molar-refractivity contribution < 1.29 is 4.39 Å². The van der Waals surface area contributed by atoms with Gasteiger partial charge in [0.15, 0.2) is 0 Å². The van der Waals surface area contributed by atoms with E-state index in [1.54, 1.807) is 6.07 Å². The van der Waals surface area contributed by atoms with E-state index < -0.39 is 0 Å². The molecule has 0 aromatic carbocycles. The van der Waals surface area contributed by atoms with Crippen molar-refractivity contribution in [2.24, 2.45) is 0 Å². The molecule has 1 N–H and O–H groups in total. The van der Waals surface area contributed by atoms with Crippen LogP contribution in [0, 0.1) is 5.82 Å². The van der Waals surface area contributed by atoms with E-state index in [9.17, 15) is 4.39 Å². The van der Waals surface area contributed by atoms with E-state index in [0.29, 0.717) is 6.04 Å². The van der Waals surface area contributed by atoms with E-state index in [2.05, 4.69) is 41.1 Å². The minimum absolute atomic E-state index is 0.140. The van der Waals surface area contributed by atoms with Crippen molar-refractivity contribution in [3.05, 3.63) is 29.8 Å². The molecule has 0 spiro atoms. The SMILES string of the molecule is CC(NCC1CN(C)CCN1C)c1ccc(F)cn1. The number of hydrogen-bond acceptors (Lipinski definition) is 4. The van der Waals surface area contributed by atoms with Gasteiger partial charge in [0, 0.05) is 38.3 Å². The molecule has 1 aromatic heterocycles. The van der Waals surface area contributed by atoms with Gasteiger partial charge in [-0.2, -0.15) is 0 Å². The molecule has 4 nitrogen and oxygen atoms in total. The number of pyridine rings is 1. The van der Waals surface area contributed by atoms with Crippen molar-refractivity contribution in [2.45, 2.75) is 19.0 Å². The quantitative estimate of drug-likeness (QED) is 0.885. The van der Waals surface area contributed by atoms with E-state index in [0.717, 1.165) is 31.9 Å². The molecule has 2 unspecified atom stereocenters. The predicted molar refractivity (Wildman–Crippen MR) is 74.5 cm³/mol. The third-order valence-corrected chi connectivity index (χ3v) is 3.83. The Bertz CT molecular complexity index is 395. The van der Waals surface area contributed by atoms with Gasteiger partial charge in [0.1, 0.15) is 5.82 Å². The standard InChI is InChI=1S/C14H23FN4/c1-11(14-5-4-12(15)8-17-14)16-9-13-10-18(2)6-7-19(13)3/h4-5,8,11,13,16H,6-7,9-10H2,1-3H3. The van der Waals surface area contributed by atoms with Crippen LogP contribution in [-0.2, 0) is 0 Å². The summed E-state index contributed by atoms with van der Waals surface area (Å²) in [6.07, 6.45) is 1.27. The molecular weight excluding hydrogens is 243 g/mol. The summed E-state index contributed by atoms with van der Waals surface area (Å²) in [6.45, 7) is 6.29. The predicted octanol–water partition coefficient (Wildman–Crippen LogP) is 1.12. The molecule has 1 saturated heterocycles. The Morgan fingerprint density at radius 1 is 1.42 bits per heavy atom. The van der Waals surface area contributed by atoms with Crippen molar-refractivity contribution in [2.75, 3.05) is 40.3 Å². The van der Waals surface area contributed by atoms with Crippen molar-refractivity contribution >= 4 is 0 Å². The average molecular weight is 266 g/mol. The fourth-order valence-corrected chi connectivity index (χ4v) is 2.38. The highest BCUT2D eigenvalue weighted by Crippen LogP contribution is 2.11. The first-order chi connectivity index (χ1) is 9.06. The van der Waals surface area contributed by atoms with Crippen LogP contribution in [0.1, 0.15) is 18.7 Å². The van der Waals surface area contributed by atoms with Crippen molar-refractivity contribution in [3.63, 3.8) is 0 Å². The van der Waals surface area contributed by atoms with Crippen LogP contribution in [0.25, 0.3) is 0 Å². The van der Waals surface area contributed by atoms with Crippen LogP contribution in [0.2, 0.25) is 0 Å². The zero-order valence-electron chi connectivity index (χ0n) is 11.9. The molecule has 2 atom stereocenters. The molecule has 2 heterocycles. The number of halogens is 1. The first-order valence-corrected chi connectivity index (χ1v) is 6.80. The van der Waals surface area contributed by atoms with Crippen molar-refractivity contribution in [3.8, 4) is 0 Å². The lowest BCUT2D eigenvalue weighted by Gasteiger charge is -2.38. The zero-order chi connectivity index (χ0) is 13.8. The number of likely N-dealkylation sites (N-methyl/N-ethyl adjacent to an activating group) is 2. The normalized spacial score (nSPS) is 23.5. The molecule has 19 heavy (non-hydrogen) atoms. The summed E-state index contributed by atoms with van der Waals surface area (Å²) in [5.41, 5.74) is 0.883. The number of rotatable bonds is 4. The highest BCUT2D eigenvalue weighted by atomic mass is 19.1. The van der Waals surface area contributed by atoms with Gasteiger partial charge < -0.3 is 10.2 Å². The molecule has 1 fully saturated rings. The van der Waals surface area contributed by atoms with Crippen LogP contribution in [0.5, 0.6) is 0 Å². The third kappa shape index (κ3) is 3.96. The van der Waals surface area contributed by atoms with Crippen LogP contribution in [-0.4, -0.2) is 61.1 Å². The highest BCUT2D eigenvalue weighted by molar-refractivity contribution is 5.09. The van der Waals surface area contributed by atoms with Gasteiger partial charge in [-0.05, 0) is 33.2 Å². The van der Waals surface area contributed by atoms with Gasteiger partial charge in [-0.15, -0.1) is 0 Å². The van der Waals surface area contributed by atoms with Gasteiger partial charge in [-0.3, -0.25) is 9.88 Å². The Hall–Kier alpha value is -1.04. The second kappa shape index (κ2) is 6.41. The molecule has 0 saturated carbocycles. The molecule has 1 aromatic rings. The summed E-state index contributed by atoms with van der Waals surface area (Å²) < 4.78 is 12.8. The fourth-order valence-electron chi connectivity index (χ4n) is 2.38.